The Morgan fingerprint density at radius 1 is 0.815 bits per heavy atom. The largest absolute Gasteiger partial charge is 0.489 e. The Bertz CT molecular complexity index is 805. The van der Waals surface area contributed by atoms with Crippen LogP contribution in [-0.2, 0) is 13.0 Å². The molecule has 3 aromatic rings. The van der Waals surface area contributed by atoms with Crippen LogP contribution in [0, 0.1) is 0 Å². The smallest absolute Gasteiger partial charge is 0.125 e. The van der Waals surface area contributed by atoms with Crippen molar-refractivity contribution in [1.29, 1.82) is 0 Å². The highest BCUT2D eigenvalue weighted by atomic mass is 16.5. The molecule has 0 aliphatic heterocycles. The molecule has 0 aliphatic carbocycles. The molecule has 3 nitrogen and oxygen atoms in total. The number of nitrogens with one attached hydrogen (secondary N) is 1. The van der Waals surface area contributed by atoms with E-state index in [-0.39, 0.29) is 6.04 Å². The Morgan fingerprint density at radius 2 is 1.41 bits per heavy atom. The molecule has 2 N–H and O–H groups in total. The molecular weight excluding hydrogens is 334 g/mol. The van der Waals surface area contributed by atoms with E-state index in [1.165, 1.54) is 5.56 Å². The molecule has 0 aliphatic rings. The molecule has 27 heavy (non-hydrogen) atoms. The van der Waals surface area contributed by atoms with E-state index in [1.807, 2.05) is 60.7 Å². The lowest BCUT2D eigenvalue weighted by Crippen LogP contribution is -2.32. The second-order valence-electron chi connectivity index (χ2n) is 6.83. The molecule has 140 valence electrons. The third-order valence-corrected chi connectivity index (χ3v) is 4.56. The molecule has 0 saturated carbocycles. The molecule has 2 atom stereocenters. The molecule has 0 unspecified atom stereocenters. The minimum atomic E-state index is -0.616. The fourth-order valence-electron chi connectivity index (χ4n) is 3.09. The number of hydrogen-bond donors (Lipinski definition) is 2. The van der Waals surface area contributed by atoms with Crippen LogP contribution in [0.25, 0.3) is 0 Å². The van der Waals surface area contributed by atoms with Gasteiger partial charge in [-0.25, -0.2) is 0 Å². The van der Waals surface area contributed by atoms with Crippen molar-refractivity contribution in [1.82, 2.24) is 5.32 Å². The minimum absolute atomic E-state index is 0.277. The van der Waals surface area contributed by atoms with Gasteiger partial charge in [0.2, 0.25) is 0 Å². The Labute approximate surface area is 161 Å². The summed E-state index contributed by atoms with van der Waals surface area (Å²) in [6.07, 6.45) is 0.315. The van der Waals surface area contributed by atoms with E-state index in [9.17, 15) is 5.11 Å². The summed E-state index contributed by atoms with van der Waals surface area (Å²) in [6, 6.07) is 28.4. The average molecular weight is 361 g/mol. The number of aliphatic hydroxyl groups is 1. The molecule has 0 bridgehead atoms. The molecule has 0 fully saturated rings. The van der Waals surface area contributed by atoms with Gasteiger partial charge in [-0.05, 0) is 30.5 Å². The number of benzene rings is 3. The van der Waals surface area contributed by atoms with Crippen molar-refractivity contribution in [2.45, 2.75) is 32.1 Å². The molecule has 3 aromatic carbocycles. The molecule has 3 rings (SSSR count). The van der Waals surface area contributed by atoms with Gasteiger partial charge in [0.15, 0.2) is 0 Å². The highest BCUT2D eigenvalue weighted by molar-refractivity contribution is 5.35. The molecule has 0 spiro atoms. The van der Waals surface area contributed by atoms with Crippen LogP contribution in [0.3, 0.4) is 0 Å². The third kappa shape index (κ3) is 5.95. The van der Waals surface area contributed by atoms with E-state index >= 15 is 0 Å². The highest BCUT2D eigenvalue weighted by Crippen LogP contribution is 2.25. The molecule has 3 heteroatoms. The van der Waals surface area contributed by atoms with Crippen molar-refractivity contribution in [3.8, 4) is 5.75 Å². The first-order chi connectivity index (χ1) is 13.2. The van der Waals surface area contributed by atoms with Crippen LogP contribution in [-0.4, -0.2) is 17.7 Å². The molecule has 0 radical (unpaired) electrons. The van der Waals surface area contributed by atoms with Crippen molar-refractivity contribution in [2.75, 3.05) is 6.54 Å². The van der Waals surface area contributed by atoms with Crippen molar-refractivity contribution >= 4 is 0 Å². The van der Waals surface area contributed by atoms with Crippen LogP contribution in [0.1, 0.15) is 29.7 Å². The van der Waals surface area contributed by atoms with Gasteiger partial charge in [0.25, 0.3) is 0 Å². The van der Waals surface area contributed by atoms with Crippen molar-refractivity contribution in [3.63, 3.8) is 0 Å². The second kappa shape index (κ2) is 9.91. The molecule has 0 saturated heterocycles. The van der Waals surface area contributed by atoms with Crippen molar-refractivity contribution < 1.29 is 9.84 Å². The first-order valence-electron chi connectivity index (χ1n) is 9.43. The lowest BCUT2D eigenvalue weighted by atomic mass is 10.1. The monoisotopic (exact) mass is 361 g/mol. The predicted octanol–water partition coefficient (Wildman–Crippen LogP) is 4.52. The topological polar surface area (TPSA) is 41.5 Å². The highest BCUT2D eigenvalue weighted by Gasteiger charge is 2.14. The first kappa shape index (κ1) is 19.2. The predicted molar refractivity (Wildman–Crippen MR) is 110 cm³/mol. The Hall–Kier alpha value is -2.62. The first-order valence-corrected chi connectivity index (χ1v) is 9.43. The molecule has 0 amide bonds. The standard InChI is InChI=1S/C24H27NO2/c1-19(16-20-10-4-2-5-11-20)25-17-23(26)22-14-8-9-15-24(22)27-18-21-12-6-3-7-13-21/h2-15,19,23,25-26H,16-18H2,1H3/t19-,23+/m1/s1. The number of aliphatic hydroxyl groups excluding tert-OH is 1. The summed E-state index contributed by atoms with van der Waals surface area (Å²) in [6.45, 7) is 3.11. The minimum Gasteiger partial charge on any atom is -0.489 e. The lowest BCUT2D eigenvalue weighted by molar-refractivity contribution is 0.163. The fourth-order valence-corrected chi connectivity index (χ4v) is 3.09. The van der Waals surface area contributed by atoms with Gasteiger partial charge in [0, 0.05) is 18.2 Å². The van der Waals surface area contributed by atoms with Crippen LogP contribution in [0.15, 0.2) is 84.9 Å². The molecular formula is C24H27NO2. The maximum absolute atomic E-state index is 10.7. The van der Waals surface area contributed by atoms with Crippen molar-refractivity contribution in [2.24, 2.45) is 0 Å². The fraction of sp³-hybridized carbons (Fsp3) is 0.250. The van der Waals surface area contributed by atoms with Gasteiger partial charge < -0.3 is 15.2 Å². The van der Waals surface area contributed by atoms with Crippen molar-refractivity contribution in [3.05, 3.63) is 102 Å². The van der Waals surface area contributed by atoms with Gasteiger partial charge in [0.05, 0.1) is 6.10 Å². The van der Waals surface area contributed by atoms with E-state index in [0.717, 1.165) is 23.3 Å². The Kier molecular flexibility index (Phi) is 7.03. The zero-order chi connectivity index (χ0) is 18.9. The van der Waals surface area contributed by atoms with Crippen LogP contribution < -0.4 is 10.1 Å². The van der Waals surface area contributed by atoms with Gasteiger partial charge >= 0.3 is 0 Å². The van der Waals surface area contributed by atoms with E-state index in [1.54, 1.807) is 0 Å². The van der Waals surface area contributed by atoms with Crippen LogP contribution in [0.5, 0.6) is 5.75 Å². The number of hydrogen-bond acceptors (Lipinski definition) is 3. The summed E-state index contributed by atoms with van der Waals surface area (Å²) in [5, 5.41) is 14.1. The molecule has 0 heterocycles. The third-order valence-electron chi connectivity index (χ3n) is 4.56. The zero-order valence-electron chi connectivity index (χ0n) is 15.7. The number of para-hydroxylation sites is 1. The summed E-state index contributed by atoms with van der Waals surface area (Å²) in [5.41, 5.74) is 3.21. The van der Waals surface area contributed by atoms with Gasteiger partial charge in [-0.2, -0.15) is 0 Å². The maximum atomic E-state index is 10.7. The van der Waals surface area contributed by atoms with Crippen LogP contribution in [0.4, 0.5) is 0 Å². The SMILES string of the molecule is C[C@H](Cc1ccccc1)NC[C@H](O)c1ccccc1OCc1ccccc1. The van der Waals surface area contributed by atoms with E-state index in [4.69, 9.17) is 4.74 Å². The summed E-state index contributed by atoms with van der Waals surface area (Å²) < 4.78 is 5.96. The van der Waals surface area contributed by atoms with Crippen LogP contribution in [0.2, 0.25) is 0 Å². The summed E-state index contributed by atoms with van der Waals surface area (Å²) in [7, 11) is 0. The van der Waals surface area contributed by atoms with Gasteiger partial charge in [-0.15, -0.1) is 0 Å². The Balaban J connectivity index is 1.55. The number of ether oxygens (including phenoxy) is 1. The number of rotatable bonds is 9. The quantitative estimate of drug-likeness (QED) is 0.589. The maximum Gasteiger partial charge on any atom is 0.125 e. The second-order valence-corrected chi connectivity index (χ2v) is 6.83. The van der Waals surface area contributed by atoms with Gasteiger partial charge in [0.1, 0.15) is 12.4 Å². The van der Waals surface area contributed by atoms with E-state index in [2.05, 4.69) is 36.5 Å². The normalized spacial score (nSPS) is 13.1. The summed E-state index contributed by atoms with van der Waals surface area (Å²) >= 11 is 0. The van der Waals surface area contributed by atoms with Crippen LogP contribution >= 0.6 is 0 Å². The Morgan fingerprint density at radius 3 is 2.11 bits per heavy atom. The average Bonchev–Trinajstić information content (AvgIpc) is 2.72. The van der Waals surface area contributed by atoms with Gasteiger partial charge in [-0.1, -0.05) is 78.9 Å². The lowest BCUT2D eigenvalue weighted by Gasteiger charge is -2.20. The summed E-state index contributed by atoms with van der Waals surface area (Å²) in [5.74, 6) is 0.728. The zero-order valence-corrected chi connectivity index (χ0v) is 15.7. The van der Waals surface area contributed by atoms with Gasteiger partial charge in [-0.3, -0.25) is 0 Å². The summed E-state index contributed by atoms with van der Waals surface area (Å²) in [4.78, 5) is 0. The van der Waals surface area contributed by atoms with E-state index in [0.29, 0.717) is 13.2 Å². The molecule has 0 aromatic heterocycles. The van der Waals surface area contributed by atoms with E-state index < -0.39 is 6.10 Å².